The van der Waals surface area contributed by atoms with Crippen LogP contribution in [0.1, 0.15) is 10.7 Å². The molecule has 0 saturated carbocycles. The molecular weight excluding hydrogens is 244 g/mol. The van der Waals surface area contributed by atoms with Crippen molar-refractivity contribution in [3.8, 4) is 5.75 Å². The van der Waals surface area contributed by atoms with Crippen molar-refractivity contribution in [2.75, 3.05) is 0 Å². The van der Waals surface area contributed by atoms with E-state index in [1.807, 2.05) is 17.5 Å². The van der Waals surface area contributed by atoms with E-state index >= 15 is 0 Å². The van der Waals surface area contributed by atoms with Crippen LogP contribution in [-0.2, 0) is 13.2 Å². The number of benzene rings is 1. The molecular formula is C11H11ClN2OS. The number of ether oxygens (including phenoxy) is 1. The van der Waals surface area contributed by atoms with Crippen LogP contribution >= 0.6 is 22.9 Å². The molecule has 0 aliphatic heterocycles. The van der Waals surface area contributed by atoms with Gasteiger partial charge in [0.1, 0.15) is 17.4 Å². The standard InChI is InChI=1S/C11H11ClN2OS/c12-8-1-3-10(4-2-8)15-6-9-7-16-11(5-13)14-9/h1-4,7H,5-6,13H2. The Hall–Kier alpha value is -1.10. The highest BCUT2D eigenvalue weighted by Gasteiger charge is 2.01. The third kappa shape index (κ3) is 2.95. The van der Waals surface area contributed by atoms with Gasteiger partial charge in [0, 0.05) is 16.9 Å². The fourth-order valence-electron chi connectivity index (χ4n) is 1.20. The Kier molecular flexibility index (Phi) is 3.77. The highest BCUT2D eigenvalue weighted by atomic mass is 35.5. The molecule has 0 amide bonds. The summed E-state index contributed by atoms with van der Waals surface area (Å²) in [6.45, 7) is 0.934. The lowest BCUT2D eigenvalue weighted by molar-refractivity contribution is 0.302. The van der Waals surface area contributed by atoms with Crippen molar-refractivity contribution in [3.05, 3.63) is 45.4 Å². The van der Waals surface area contributed by atoms with Gasteiger partial charge in [0.15, 0.2) is 0 Å². The van der Waals surface area contributed by atoms with E-state index in [0.717, 1.165) is 16.5 Å². The average Bonchev–Trinajstić information content (AvgIpc) is 2.76. The number of halogens is 1. The second-order valence-corrected chi connectivity index (χ2v) is 4.56. The summed E-state index contributed by atoms with van der Waals surface area (Å²) in [6, 6.07) is 7.25. The number of rotatable bonds is 4. The first kappa shape index (κ1) is 11.4. The van der Waals surface area contributed by atoms with Crippen LogP contribution in [0.15, 0.2) is 29.6 Å². The molecule has 16 heavy (non-hydrogen) atoms. The summed E-state index contributed by atoms with van der Waals surface area (Å²) in [6.07, 6.45) is 0. The Bertz CT molecular complexity index is 455. The minimum absolute atomic E-state index is 0.456. The first-order valence-electron chi connectivity index (χ1n) is 4.79. The molecule has 3 nitrogen and oxygen atoms in total. The average molecular weight is 255 g/mol. The monoisotopic (exact) mass is 254 g/mol. The zero-order valence-electron chi connectivity index (χ0n) is 8.52. The van der Waals surface area contributed by atoms with Crippen molar-refractivity contribution in [1.82, 2.24) is 4.98 Å². The molecule has 5 heteroatoms. The van der Waals surface area contributed by atoms with E-state index in [2.05, 4.69) is 4.98 Å². The molecule has 0 atom stereocenters. The fourth-order valence-corrected chi connectivity index (χ4v) is 1.98. The first-order valence-corrected chi connectivity index (χ1v) is 6.05. The summed E-state index contributed by atoms with van der Waals surface area (Å²) in [5.74, 6) is 0.784. The van der Waals surface area contributed by atoms with Gasteiger partial charge in [-0.15, -0.1) is 11.3 Å². The fraction of sp³-hybridized carbons (Fsp3) is 0.182. The van der Waals surface area contributed by atoms with E-state index in [1.165, 1.54) is 0 Å². The Morgan fingerprint density at radius 1 is 1.31 bits per heavy atom. The number of hydrogen-bond acceptors (Lipinski definition) is 4. The summed E-state index contributed by atoms with van der Waals surface area (Å²) < 4.78 is 5.55. The maximum atomic E-state index is 5.77. The van der Waals surface area contributed by atoms with Crippen LogP contribution in [-0.4, -0.2) is 4.98 Å². The van der Waals surface area contributed by atoms with Crippen molar-refractivity contribution >= 4 is 22.9 Å². The molecule has 2 N–H and O–H groups in total. The molecule has 0 fully saturated rings. The van der Waals surface area contributed by atoms with Crippen molar-refractivity contribution < 1.29 is 4.74 Å². The van der Waals surface area contributed by atoms with Crippen LogP contribution < -0.4 is 10.5 Å². The first-order chi connectivity index (χ1) is 7.78. The molecule has 2 rings (SSSR count). The van der Waals surface area contributed by atoms with E-state index < -0.39 is 0 Å². The third-order valence-electron chi connectivity index (χ3n) is 1.97. The summed E-state index contributed by atoms with van der Waals surface area (Å²) in [4.78, 5) is 4.30. The van der Waals surface area contributed by atoms with Crippen LogP contribution in [0.4, 0.5) is 0 Å². The van der Waals surface area contributed by atoms with Gasteiger partial charge in [0.25, 0.3) is 0 Å². The van der Waals surface area contributed by atoms with Crippen LogP contribution in [0, 0.1) is 0 Å². The lowest BCUT2D eigenvalue weighted by Gasteiger charge is -2.03. The van der Waals surface area contributed by atoms with Crippen LogP contribution in [0.25, 0.3) is 0 Å². The molecule has 2 aromatic rings. The largest absolute Gasteiger partial charge is 0.487 e. The van der Waals surface area contributed by atoms with Gasteiger partial charge >= 0.3 is 0 Å². The Labute approximate surface area is 103 Å². The molecule has 0 saturated heterocycles. The smallest absolute Gasteiger partial charge is 0.131 e. The van der Waals surface area contributed by atoms with E-state index in [1.54, 1.807) is 23.5 Å². The second kappa shape index (κ2) is 5.30. The van der Waals surface area contributed by atoms with E-state index in [9.17, 15) is 0 Å². The predicted octanol–water partition coefficient (Wildman–Crippen LogP) is 2.83. The summed E-state index contributed by atoms with van der Waals surface area (Å²) in [7, 11) is 0. The van der Waals surface area contributed by atoms with Gasteiger partial charge in [-0.2, -0.15) is 0 Å². The molecule has 0 bridgehead atoms. The quantitative estimate of drug-likeness (QED) is 0.913. The van der Waals surface area contributed by atoms with Gasteiger partial charge in [-0.05, 0) is 24.3 Å². The molecule has 0 aliphatic carbocycles. The number of nitrogens with two attached hydrogens (primary N) is 1. The van der Waals surface area contributed by atoms with Crippen LogP contribution in [0.5, 0.6) is 5.75 Å². The number of nitrogens with zero attached hydrogens (tertiary/aromatic N) is 1. The Morgan fingerprint density at radius 3 is 2.69 bits per heavy atom. The van der Waals surface area contributed by atoms with Crippen LogP contribution in [0.3, 0.4) is 0 Å². The SMILES string of the molecule is NCc1nc(COc2ccc(Cl)cc2)cs1. The number of thiazole rings is 1. The molecule has 1 aromatic heterocycles. The lowest BCUT2D eigenvalue weighted by Crippen LogP contribution is -1.98. The summed E-state index contributed by atoms with van der Waals surface area (Å²) in [5.41, 5.74) is 6.38. The van der Waals surface area contributed by atoms with Crippen molar-refractivity contribution in [2.24, 2.45) is 5.73 Å². The molecule has 1 aromatic carbocycles. The van der Waals surface area contributed by atoms with Crippen molar-refractivity contribution in [1.29, 1.82) is 0 Å². The second-order valence-electron chi connectivity index (χ2n) is 3.18. The van der Waals surface area contributed by atoms with Crippen LogP contribution in [0.2, 0.25) is 5.02 Å². The van der Waals surface area contributed by atoms with E-state index in [-0.39, 0.29) is 0 Å². The zero-order valence-corrected chi connectivity index (χ0v) is 10.1. The Morgan fingerprint density at radius 2 is 2.06 bits per heavy atom. The lowest BCUT2D eigenvalue weighted by atomic mass is 10.3. The highest BCUT2D eigenvalue weighted by molar-refractivity contribution is 7.09. The minimum atomic E-state index is 0.456. The third-order valence-corrected chi connectivity index (χ3v) is 3.15. The molecule has 1 heterocycles. The topological polar surface area (TPSA) is 48.1 Å². The summed E-state index contributed by atoms with van der Waals surface area (Å²) >= 11 is 7.32. The molecule has 0 aliphatic rings. The van der Waals surface area contributed by atoms with Gasteiger partial charge < -0.3 is 10.5 Å². The normalized spacial score (nSPS) is 10.4. The van der Waals surface area contributed by atoms with E-state index in [0.29, 0.717) is 18.2 Å². The number of aromatic nitrogens is 1. The molecule has 0 radical (unpaired) electrons. The van der Waals surface area contributed by atoms with Gasteiger partial charge in [-0.25, -0.2) is 4.98 Å². The van der Waals surface area contributed by atoms with Gasteiger partial charge in [-0.1, -0.05) is 11.6 Å². The molecule has 0 spiro atoms. The Balaban J connectivity index is 1.94. The molecule has 84 valence electrons. The minimum Gasteiger partial charge on any atom is -0.487 e. The summed E-state index contributed by atoms with van der Waals surface area (Å²) in [5, 5.41) is 3.58. The zero-order chi connectivity index (χ0) is 11.4. The van der Waals surface area contributed by atoms with E-state index in [4.69, 9.17) is 22.1 Å². The maximum Gasteiger partial charge on any atom is 0.131 e. The van der Waals surface area contributed by atoms with Gasteiger partial charge in [0.05, 0.1) is 5.69 Å². The van der Waals surface area contributed by atoms with Gasteiger partial charge in [-0.3, -0.25) is 0 Å². The van der Waals surface area contributed by atoms with Gasteiger partial charge in [0.2, 0.25) is 0 Å². The predicted molar refractivity (Wildman–Crippen MR) is 65.8 cm³/mol. The van der Waals surface area contributed by atoms with Crippen molar-refractivity contribution in [2.45, 2.75) is 13.2 Å². The number of hydrogen-bond donors (Lipinski definition) is 1. The molecule has 0 unspecified atom stereocenters. The highest BCUT2D eigenvalue weighted by Crippen LogP contribution is 2.17. The van der Waals surface area contributed by atoms with Crippen molar-refractivity contribution in [3.63, 3.8) is 0 Å². The maximum absolute atomic E-state index is 5.77.